The van der Waals surface area contributed by atoms with E-state index in [0.29, 0.717) is 11.8 Å². The van der Waals surface area contributed by atoms with Gasteiger partial charge in [-0.05, 0) is 31.0 Å². The minimum absolute atomic E-state index is 0. The van der Waals surface area contributed by atoms with E-state index in [1.807, 2.05) is 34.9 Å². The van der Waals surface area contributed by atoms with E-state index in [-0.39, 0.29) is 18.3 Å². The molecule has 0 radical (unpaired) electrons. The minimum atomic E-state index is -0.0754. The normalized spacial score (nSPS) is 13.5. The quantitative estimate of drug-likeness (QED) is 0.458. The number of nitrogens with zero attached hydrogens (tertiary/aromatic N) is 6. The number of anilines is 1. The van der Waals surface area contributed by atoms with Crippen LogP contribution in [0.4, 0.5) is 5.82 Å². The van der Waals surface area contributed by atoms with Gasteiger partial charge in [-0.2, -0.15) is 8.97 Å². The van der Waals surface area contributed by atoms with E-state index in [1.165, 1.54) is 19.3 Å². The summed E-state index contributed by atoms with van der Waals surface area (Å²) in [5, 5.41) is 3.68. The molecule has 1 aliphatic rings. The third-order valence-corrected chi connectivity index (χ3v) is 5.26. The van der Waals surface area contributed by atoms with E-state index in [2.05, 4.69) is 25.3 Å². The molecule has 32 heavy (non-hydrogen) atoms. The fraction of sp³-hybridized carbons (Fsp3) is 0.304. The highest BCUT2D eigenvalue weighted by atomic mass is 35.5. The molecule has 5 rings (SSSR count). The predicted molar refractivity (Wildman–Crippen MR) is 117 cm³/mol. The number of imidazole rings is 1. The lowest BCUT2D eigenvalue weighted by molar-refractivity contribution is -0.497. The summed E-state index contributed by atoms with van der Waals surface area (Å²) in [4.78, 5) is 28.8. The predicted octanol–water partition coefficient (Wildman–Crippen LogP) is 0.569. The van der Waals surface area contributed by atoms with Gasteiger partial charge in [0.2, 0.25) is 5.82 Å². The first-order chi connectivity index (χ1) is 15.3. The molecule has 166 valence electrons. The van der Waals surface area contributed by atoms with E-state index in [4.69, 9.17) is 0 Å². The Morgan fingerprint density at radius 1 is 0.969 bits per heavy atom. The summed E-state index contributed by atoms with van der Waals surface area (Å²) < 4.78 is 3.60. The standard InChI is InChI=1S/C19H22N5O.C4H4N2.ClH/c1-14(25)24-17(16-10-5-6-11-20-16)18(22-15-8-3-2-4-9-15)23-13-7-12-21-19(23)24;1-2-6-4-3-5-1;/h5-7,10-13,15,22H,2-4,8-9H2,1H3;1-4H;1H/q+1;;/p-1. The van der Waals surface area contributed by atoms with Gasteiger partial charge in [-0.15, -0.1) is 4.98 Å². The molecular weight excluding hydrogens is 426 g/mol. The van der Waals surface area contributed by atoms with Gasteiger partial charge in [-0.25, -0.2) is 0 Å². The number of hydrogen-bond donors (Lipinski definition) is 1. The SMILES string of the molecule is CC(=O)n1c(-c2ccccn2)c(NC2CCCCC2)[n+]2cccnc12.[Cl-].c1cnccn1. The van der Waals surface area contributed by atoms with Crippen molar-refractivity contribution in [3.8, 4) is 11.4 Å². The number of hydrogen-bond acceptors (Lipinski definition) is 6. The maximum Gasteiger partial charge on any atom is 0.366 e. The lowest BCUT2D eigenvalue weighted by atomic mass is 9.95. The molecule has 1 saturated carbocycles. The van der Waals surface area contributed by atoms with Gasteiger partial charge in [-0.1, -0.05) is 25.3 Å². The second-order valence-electron chi connectivity index (χ2n) is 7.43. The van der Waals surface area contributed by atoms with Gasteiger partial charge < -0.3 is 17.7 Å². The first-order valence-corrected chi connectivity index (χ1v) is 10.6. The molecule has 4 aromatic heterocycles. The molecule has 1 N–H and O–H groups in total. The number of nitrogens with one attached hydrogen (secondary N) is 1. The molecule has 0 aliphatic heterocycles. The molecule has 0 aromatic carbocycles. The average Bonchev–Trinajstić information content (AvgIpc) is 3.16. The smallest absolute Gasteiger partial charge is 0.366 e. The molecular formula is C23H26ClN7O. The van der Waals surface area contributed by atoms with E-state index >= 15 is 0 Å². The zero-order valence-electron chi connectivity index (χ0n) is 17.9. The van der Waals surface area contributed by atoms with Crippen LogP contribution in [0.2, 0.25) is 0 Å². The van der Waals surface area contributed by atoms with Gasteiger partial charge in [0.25, 0.3) is 5.91 Å². The third-order valence-electron chi connectivity index (χ3n) is 5.26. The Morgan fingerprint density at radius 3 is 2.25 bits per heavy atom. The highest BCUT2D eigenvalue weighted by Crippen LogP contribution is 2.29. The maximum atomic E-state index is 12.4. The second-order valence-corrected chi connectivity index (χ2v) is 7.43. The van der Waals surface area contributed by atoms with E-state index < -0.39 is 0 Å². The van der Waals surface area contributed by atoms with E-state index in [9.17, 15) is 4.79 Å². The third kappa shape index (κ3) is 5.26. The van der Waals surface area contributed by atoms with E-state index in [0.717, 1.165) is 30.0 Å². The Kier molecular flexibility index (Phi) is 8.21. The van der Waals surface area contributed by atoms with Crippen LogP contribution in [0, 0.1) is 0 Å². The number of fused-ring (bicyclic) bond motifs is 1. The van der Waals surface area contributed by atoms with Crippen molar-refractivity contribution in [1.29, 1.82) is 0 Å². The molecule has 0 unspecified atom stereocenters. The number of aromatic nitrogens is 6. The molecule has 4 heterocycles. The van der Waals surface area contributed by atoms with Crippen molar-refractivity contribution < 1.29 is 21.6 Å². The maximum absolute atomic E-state index is 12.4. The molecule has 8 nitrogen and oxygen atoms in total. The molecule has 0 bridgehead atoms. The zero-order valence-corrected chi connectivity index (χ0v) is 18.7. The van der Waals surface area contributed by atoms with Crippen molar-refractivity contribution in [3.63, 3.8) is 0 Å². The first kappa shape index (κ1) is 23.3. The molecule has 1 aliphatic carbocycles. The van der Waals surface area contributed by atoms with Crippen LogP contribution in [-0.2, 0) is 0 Å². The summed E-state index contributed by atoms with van der Waals surface area (Å²) in [5.41, 5.74) is 1.54. The molecule has 4 aromatic rings. The zero-order chi connectivity index (χ0) is 21.5. The highest BCUT2D eigenvalue weighted by molar-refractivity contribution is 5.88. The minimum Gasteiger partial charge on any atom is -1.00 e. The van der Waals surface area contributed by atoms with Gasteiger partial charge in [0, 0.05) is 37.9 Å². The summed E-state index contributed by atoms with van der Waals surface area (Å²) in [6.07, 6.45) is 18.0. The summed E-state index contributed by atoms with van der Waals surface area (Å²) in [7, 11) is 0. The van der Waals surface area contributed by atoms with Crippen LogP contribution in [0.25, 0.3) is 17.2 Å². The first-order valence-electron chi connectivity index (χ1n) is 10.6. The average molecular weight is 452 g/mol. The molecule has 0 atom stereocenters. The molecule has 0 amide bonds. The fourth-order valence-corrected chi connectivity index (χ4v) is 3.89. The Morgan fingerprint density at radius 2 is 1.66 bits per heavy atom. The van der Waals surface area contributed by atoms with Gasteiger partial charge in [0.15, 0.2) is 5.69 Å². The van der Waals surface area contributed by atoms with Gasteiger partial charge in [0.05, 0.1) is 18.4 Å². The van der Waals surface area contributed by atoms with Crippen molar-refractivity contribution >= 4 is 17.5 Å². The Balaban J connectivity index is 0.000000360. The van der Waals surface area contributed by atoms with Gasteiger partial charge >= 0.3 is 5.78 Å². The monoisotopic (exact) mass is 451 g/mol. The Bertz CT molecular complexity index is 1100. The lowest BCUT2D eigenvalue weighted by Crippen LogP contribution is -3.00. The van der Waals surface area contributed by atoms with Crippen LogP contribution in [0.3, 0.4) is 0 Å². The number of carbonyl (C=O) groups excluding carboxylic acids is 1. The molecule has 1 fully saturated rings. The topological polar surface area (TPSA) is 89.7 Å². The van der Waals surface area contributed by atoms with Crippen LogP contribution in [-0.4, -0.2) is 36.5 Å². The van der Waals surface area contributed by atoms with Crippen molar-refractivity contribution in [3.05, 3.63) is 67.6 Å². The molecule has 9 heteroatoms. The lowest BCUT2D eigenvalue weighted by Gasteiger charge is -2.21. The number of rotatable bonds is 3. The van der Waals surface area contributed by atoms with Crippen molar-refractivity contribution in [1.82, 2.24) is 24.5 Å². The summed E-state index contributed by atoms with van der Waals surface area (Å²) >= 11 is 0. The number of carbonyl (C=O) groups is 1. The van der Waals surface area contributed by atoms with Gasteiger partial charge in [0.1, 0.15) is 5.69 Å². The van der Waals surface area contributed by atoms with E-state index in [1.54, 1.807) is 48.7 Å². The summed E-state index contributed by atoms with van der Waals surface area (Å²) in [6, 6.07) is 8.04. The van der Waals surface area contributed by atoms with Crippen LogP contribution < -0.4 is 22.1 Å². The Hall–Kier alpha value is -3.39. The van der Waals surface area contributed by atoms with Gasteiger partial charge in [-0.3, -0.25) is 19.7 Å². The van der Waals surface area contributed by atoms with Crippen molar-refractivity contribution in [2.45, 2.75) is 45.1 Å². The highest BCUT2D eigenvalue weighted by Gasteiger charge is 2.31. The van der Waals surface area contributed by atoms with Crippen LogP contribution in [0.5, 0.6) is 0 Å². The summed E-state index contributed by atoms with van der Waals surface area (Å²) in [5.74, 6) is 1.42. The number of halogens is 1. The van der Waals surface area contributed by atoms with Crippen molar-refractivity contribution in [2.75, 3.05) is 5.32 Å². The van der Waals surface area contributed by atoms with Crippen molar-refractivity contribution in [2.24, 2.45) is 0 Å². The molecule has 0 spiro atoms. The summed E-state index contributed by atoms with van der Waals surface area (Å²) in [6.45, 7) is 1.56. The number of pyridine rings is 1. The fourth-order valence-electron chi connectivity index (χ4n) is 3.89. The second kappa shape index (κ2) is 11.3. The van der Waals surface area contributed by atoms with Crippen LogP contribution in [0.15, 0.2) is 67.6 Å². The largest absolute Gasteiger partial charge is 1.00 e. The Labute approximate surface area is 193 Å². The van der Waals surface area contributed by atoms with Crippen LogP contribution in [0.1, 0.15) is 43.8 Å². The molecule has 0 saturated heterocycles. The van der Waals surface area contributed by atoms with Crippen LogP contribution >= 0.6 is 0 Å².